The number of aryl methyl sites for hydroxylation is 2. The van der Waals surface area contributed by atoms with Crippen LogP contribution < -0.4 is 10.3 Å². The van der Waals surface area contributed by atoms with Crippen LogP contribution in [0, 0.1) is 32.4 Å². The molecule has 7 nitrogen and oxygen atoms in total. The SMILES string of the molecule is Cc1cnc(C(C)(C)O)nc1-c1cc(-n2c(C)cc(OCc3ccc(F)cc3F)c(C)c2=O)c(Cl)cn1. The summed E-state index contributed by atoms with van der Waals surface area (Å²) in [7, 11) is 0. The van der Waals surface area contributed by atoms with E-state index in [2.05, 4.69) is 15.0 Å². The minimum absolute atomic E-state index is 0.162. The maximum atomic E-state index is 14.0. The molecule has 37 heavy (non-hydrogen) atoms. The summed E-state index contributed by atoms with van der Waals surface area (Å²) >= 11 is 6.47. The van der Waals surface area contributed by atoms with Gasteiger partial charge in [0.2, 0.25) is 0 Å². The van der Waals surface area contributed by atoms with Crippen LogP contribution in [0.4, 0.5) is 8.78 Å². The standard InChI is InChI=1S/C27H25ClF2N4O3/c1-14-11-32-26(27(4,5)36)33-24(14)21-10-22(19(28)12-31-21)34-15(2)8-23(16(3)25(34)35)37-13-17-6-7-18(29)9-20(17)30/h6-12,36H,13H2,1-5H3. The molecule has 10 heteroatoms. The van der Waals surface area contributed by atoms with Crippen LogP contribution in [0.15, 0.2) is 47.5 Å². The molecule has 192 valence electrons. The Bertz CT molecular complexity index is 1570. The van der Waals surface area contributed by atoms with Gasteiger partial charge < -0.3 is 9.84 Å². The molecule has 0 fully saturated rings. The number of halogens is 3. The number of hydrogen-bond acceptors (Lipinski definition) is 6. The van der Waals surface area contributed by atoms with E-state index in [0.29, 0.717) is 22.8 Å². The lowest BCUT2D eigenvalue weighted by Gasteiger charge is -2.18. The van der Waals surface area contributed by atoms with Crippen LogP contribution in [0.1, 0.15) is 42.1 Å². The molecule has 4 aromatic rings. The molecule has 0 aliphatic rings. The lowest BCUT2D eigenvalue weighted by Crippen LogP contribution is -2.24. The zero-order chi connectivity index (χ0) is 27.1. The van der Waals surface area contributed by atoms with Crippen molar-refractivity contribution in [2.45, 2.75) is 46.8 Å². The molecule has 1 N–H and O–H groups in total. The van der Waals surface area contributed by atoms with Crippen molar-refractivity contribution in [3.05, 3.63) is 97.9 Å². The van der Waals surface area contributed by atoms with Gasteiger partial charge >= 0.3 is 0 Å². The summed E-state index contributed by atoms with van der Waals surface area (Å²) in [5.74, 6) is -0.909. The minimum atomic E-state index is -1.25. The zero-order valence-corrected chi connectivity index (χ0v) is 21.7. The van der Waals surface area contributed by atoms with Crippen molar-refractivity contribution < 1.29 is 18.6 Å². The van der Waals surface area contributed by atoms with E-state index in [9.17, 15) is 18.7 Å². The first-order valence-electron chi connectivity index (χ1n) is 11.4. The Morgan fingerprint density at radius 1 is 1.08 bits per heavy atom. The van der Waals surface area contributed by atoms with Crippen molar-refractivity contribution in [3.8, 4) is 22.8 Å². The summed E-state index contributed by atoms with van der Waals surface area (Å²) < 4.78 is 34.4. The van der Waals surface area contributed by atoms with Crippen LogP contribution in [-0.4, -0.2) is 24.6 Å². The highest BCUT2D eigenvalue weighted by atomic mass is 35.5. The average Bonchev–Trinajstić information content (AvgIpc) is 2.82. The summed E-state index contributed by atoms with van der Waals surface area (Å²) in [4.78, 5) is 26.5. The van der Waals surface area contributed by atoms with Gasteiger partial charge in [0.15, 0.2) is 5.82 Å². The van der Waals surface area contributed by atoms with Crippen LogP contribution in [0.2, 0.25) is 5.02 Å². The Kier molecular flexibility index (Phi) is 7.12. The molecule has 0 saturated carbocycles. The second kappa shape index (κ2) is 9.99. The number of nitrogens with zero attached hydrogens (tertiary/aromatic N) is 4. The highest BCUT2D eigenvalue weighted by molar-refractivity contribution is 6.32. The first-order chi connectivity index (χ1) is 17.4. The number of hydrogen-bond donors (Lipinski definition) is 1. The molecule has 0 amide bonds. The maximum Gasteiger partial charge on any atom is 0.261 e. The van der Waals surface area contributed by atoms with Crippen molar-refractivity contribution >= 4 is 11.6 Å². The third-order valence-corrected chi connectivity index (χ3v) is 6.11. The van der Waals surface area contributed by atoms with Crippen molar-refractivity contribution in [2.24, 2.45) is 0 Å². The first-order valence-corrected chi connectivity index (χ1v) is 11.8. The van der Waals surface area contributed by atoms with Gasteiger partial charge in [0, 0.05) is 35.8 Å². The third-order valence-electron chi connectivity index (χ3n) is 5.82. The Morgan fingerprint density at radius 2 is 1.81 bits per heavy atom. The van der Waals surface area contributed by atoms with Gasteiger partial charge in [-0.25, -0.2) is 18.7 Å². The van der Waals surface area contributed by atoms with Crippen molar-refractivity contribution in [1.82, 2.24) is 19.5 Å². The number of rotatable bonds is 6. The van der Waals surface area contributed by atoms with Gasteiger partial charge in [-0.05, 0) is 58.4 Å². The fourth-order valence-corrected chi connectivity index (χ4v) is 3.95. The van der Waals surface area contributed by atoms with E-state index in [-0.39, 0.29) is 39.9 Å². The van der Waals surface area contributed by atoms with Gasteiger partial charge in [-0.1, -0.05) is 11.6 Å². The lowest BCUT2D eigenvalue weighted by molar-refractivity contribution is 0.0688. The summed E-state index contributed by atoms with van der Waals surface area (Å²) in [6.07, 6.45) is 3.03. The molecule has 0 atom stereocenters. The molecular formula is C27H25ClF2N4O3. The highest BCUT2D eigenvalue weighted by Crippen LogP contribution is 2.29. The minimum Gasteiger partial charge on any atom is -0.488 e. The number of aromatic nitrogens is 4. The van der Waals surface area contributed by atoms with E-state index in [1.165, 1.54) is 16.8 Å². The van der Waals surface area contributed by atoms with Gasteiger partial charge in [0.1, 0.15) is 29.6 Å². The molecule has 0 aliphatic heterocycles. The van der Waals surface area contributed by atoms with Crippen LogP contribution in [0.5, 0.6) is 5.75 Å². The molecule has 0 radical (unpaired) electrons. The summed E-state index contributed by atoms with van der Waals surface area (Å²) in [6, 6.07) is 6.52. The summed E-state index contributed by atoms with van der Waals surface area (Å²) in [5.41, 5.74) is 1.37. The molecule has 3 aromatic heterocycles. The van der Waals surface area contributed by atoms with Crippen molar-refractivity contribution in [3.63, 3.8) is 0 Å². The molecule has 0 saturated heterocycles. The molecule has 0 bridgehead atoms. The highest BCUT2D eigenvalue weighted by Gasteiger charge is 2.22. The smallest absolute Gasteiger partial charge is 0.261 e. The first kappa shape index (κ1) is 26.4. The molecule has 0 spiro atoms. The van der Waals surface area contributed by atoms with Crippen LogP contribution in [0.3, 0.4) is 0 Å². The number of benzene rings is 1. The van der Waals surface area contributed by atoms with Crippen LogP contribution in [-0.2, 0) is 12.2 Å². The fraction of sp³-hybridized carbons (Fsp3) is 0.259. The van der Waals surface area contributed by atoms with Gasteiger partial charge in [0.05, 0.1) is 27.7 Å². The average molecular weight is 527 g/mol. The van der Waals surface area contributed by atoms with Crippen LogP contribution >= 0.6 is 11.6 Å². The number of aliphatic hydroxyl groups is 1. The van der Waals surface area contributed by atoms with Gasteiger partial charge in [0.25, 0.3) is 5.56 Å². The van der Waals surface area contributed by atoms with E-state index in [4.69, 9.17) is 16.3 Å². The van der Waals surface area contributed by atoms with Gasteiger partial charge in [-0.2, -0.15) is 0 Å². The monoisotopic (exact) mass is 526 g/mol. The topological polar surface area (TPSA) is 90.1 Å². The lowest BCUT2D eigenvalue weighted by atomic mass is 10.1. The largest absolute Gasteiger partial charge is 0.488 e. The Balaban J connectivity index is 1.75. The number of ether oxygens (including phenoxy) is 1. The summed E-state index contributed by atoms with van der Waals surface area (Å²) in [6.45, 7) is 8.12. The second-order valence-electron chi connectivity index (χ2n) is 9.25. The van der Waals surface area contributed by atoms with E-state index in [0.717, 1.165) is 17.7 Å². The predicted octanol–water partition coefficient (Wildman–Crippen LogP) is 5.35. The van der Waals surface area contributed by atoms with Crippen LogP contribution in [0.25, 0.3) is 17.1 Å². The summed E-state index contributed by atoms with van der Waals surface area (Å²) in [5, 5.41) is 10.6. The quantitative estimate of drug-likeness (QED) is 0.364. The molecule has 4 rings (SSSR count). The zero-order valence-electron chi connectivity index (χ0n) is 20.9. The van der Waals surface area contributed by atoms with Gasteiger partial charge in [-0.3, -0.25) is 14.3 Å². The Hall–Kier alpha value is -3.69. The third kappa shape index (κ3) is 5.38. The fourth-order valence-electron chi connectivity index (χ4n) is 3.76. The van der Waals surface area contributed by atoms with Crippen molar-refractivity contribution in [2.75, 3.05) is 0 Å². The van der Waals surface area contributed by atoms with E-state index in [1.807, 2.05) is 6.92 Å². The van der Waals surface area contributed by atoms with E-state index in [1.54, 1.807) is 46.0 Å². The van der Waals surface area contributed by atoms with Gasteiger partial charge in [-0.15, -0.1) is 0 Å². The molecule has 0 aliphatic carbocycles. The molecule has 0 unspecified atom stereocenters. The Morgan fingerprint density at radius 3 is 2.49 bits per heavy atom. The maximum absolute atomic E-state index is 14.0. The van der Waals surface area contributed by atoms with E-state index < -0.39 is 17.2 Å². The normalized spacial score (nSPS) is 11.6. The Labute approximate surface area is 217 Å². The van der Waals surface area contributed by atoms with E-state index >= 15 is 0 Å². The number of pyridine rings is 2. The van der Waals surface area contributed by atoms with Crippen molar-refractivity contribution in [1.29, 1.82) is 0 Å². The molecule has 3 heterocycles. The molecule has 1 aromatic carbocycles. The second-order valence-corrected chi connectivity index (χ2v) is 9.65. The molecular weight excluding hydrogens is 502 g/mol. The predicted molar refractivity (Wildman–Crippen MR) is 136 cm³/mol.